The number of nitrogens with one attached hydrogen (secondary N) is 2. The first-order valence-corrected chi connectivity index (χ1v) is 12.9. The van der Waals surface area contributed by atoms with Gasteiger partial charge >= 0.3 is 0 Å². The Balaban J connectivity index is 1.40. The number of likely N-dealkylation sites (tertiary alicyclic amines) is 1. The number of amides is 1. The summed E-state index contributed by atoms with van der Waals surface area (Å²) in [5.41, 5.74) is 2.69. The smallest absolute Gasteiger partial charge is 0.240 e. The van der Waals surface area contributed by atoms with E-state index in [2.05, 4.69) is 49.3 Å². The van der Waals surface area contributed by atoms with E-state index in [9.17, 15) is 15.0 Å². The van der Waals surface area contributed by atoms with Gasteiger partial charge in [-0.1, -0.05) is 45.9 Å². The zero-order valence-electron chi connectivity index (χ0n) is 21.8. The van der Waals surface area contributed by atoms with Crippen molar-refractivity contribution < 1.29 is 15.0 Å². The van der Waals surface area contributed by atoms with Crippen LogP contribution in [0, 0.1) is 11.8 Å². The minimum atomic E-state index is -0.680. The highest BCUT2D eigenvalue weighted by atomic mass is 16.3. The molecule has 35 heavy (non-hydrogen) atoms. The van der Waals surface area contributed by atoms with Crippen LogP contribution < -0.4 is 10.6 Å². The van der Waals surface area contributed by atoms with E-state index in [-0.39, 0.29) is 23.1 Å². The Morgan fingerprint density at radius 1 is 1.14 bits per heavy atom. The van der Waals surface area contributed by atoms with Gasteiger partial charge in [0.05, 0.1) is 5.54 Å². The molecule has 4 atom stereocenters. The van der Waals surface area contributed by atoms with Crippen LogP contribution in [0.25, 0.3) is 0 Å². The second-order valence-corrected chi connectivity index (χ2v) is 11.5. The molecule has 1 fully saturated rings. The third-order valence-electron chi connectivity index (χ3n) is 8.55. The van der Waals surface area contributed by atoms with Crippen LogP contribution in [-0.2, 0) is 23.2 Å². The number of phenolic OH excluding ortho intramolecular Hbond substituents is 2. The van der Waals surface area contributed by atoms with Crippen molar-refractivity contribution in [2.45, 2.75) is 71.0 Å². The molecule has 0 saturated carbocycles. The van der Waals surface area contributed by atoms with Crippen molar-refractivity contribution in [3.8, 4) is 11.5 Å². The summed E-state index contributed by atoms with van der Waals surface area (Å²) in [7, 11) is 0. The molecule has 6 nitrogen and oxygen atoms in total. The summed E-state index contributed by atoms with van der Waals surface area (Å²) < 4.78 is 0. The maximum Gasteiger partial charge on any atom is 0.240 e. The highest BCUT2D eigenvalue weighted by molar-refractivity contribution is 5.87. The molecule has 1 saturated heterocycles. The lowest BCUT2D eigenvalue weighted by Crippen LogP contribution is -2.61. The van der Waals surface area contributed by atoms with Crippen molar-refractivity contribution >= 4 is 5.91 Å². The molecule has 0 spiro atoms. The fraction of sp³-hybridized carbons (Fsp3) is 0.552. The molecule has 0 aliphatic carbocycles. The van der Waals surface area contributed by atoms with Crippen LogP contribution in [0.2, 0.25) is 0 Å². The number of carbonyl (C=O) groups excluding carboxylic acids is 1. The Morgan fingerprint density at radius 2 is 1.89 bits per heavy atom. The molecule has 6 heteroatoms. The van der Waals surface area contributed by atoms with E-state index < -0.39 is 5.54 Å². The Kier molecular flexibility index (Phi) is 7.16. The Morgan fingerprint density at radius 3 is 2.57 bits per heavy atom. The molecular weight excluding hydrogens is 438 g/mol. The van der Waals surface area contributed by atoms with Crippen molar-refractivity contribution in [1.29, 1.82) is 0 Å². The fourth-order valence-electron chi connectivity index (χ4n) is 5.65. The first-order valence-electron chi connectivity index (χ1n) is 12.9. The van der Waals surface area contributed by atoms with Crippen molar-refractivity contribution in [1.82, 2.24) is 15.5 Å². The number of aromatic hydroxyl groups is 2. The van der Waals surface area contributed by atoms with Crippen LogP contribution in [-0.4, -0.2) is 52.2 Å². The van der Waals surface area contributed by atoms with Gasteiger partial charge in [-0.3, -0.25) is 10.1 Å². The van der Waals surface area contributed by atoms with Crippen LogP contribution in [0.4, 0.5) is 0 Å². The number of benzene rings is 2. The summed E-state index contributed by atoms with van der Waals surface area (Å²) in [5.74, 6) is 1.35. The van der Waals surface area contributed by atoms with Gasteiger partial charge in [-0.05, 0) is 84.5 Å². The predicted octanol–water partition coefficient (Wildman–Crippen LogP) is 3.94. The zero-order valence-corrected chi connectivity index (χ0v) is 21.8. The lowest BCUT2D eigenvalue weighted by molar-refractivity contribution is -0.128. The molecule has 2 aliphatic rings. The van der Waals surface area contributed by atoms with E-state index in [4.69, 9.17) is 0 Å². The van der Waals surface area contributed by atoms with Gasteiger partial charge in [0, 0.05) is 25.7 Å². The van der Waals surface area contributed by atoms with Crippen LogP contribution in [0.1, 0.15) is 57.7 Å². The van der Waals surface area contributed by atoms with Gasteiger partial charge < -0.3 is 20.4 Å². The highest BCUT2D eigenvalue weighted by Crippen LogP contribution is 2.40. The van der Waals surface area contributed by atoms with Crippen molar-refractivity contribution in [2.75, 3.05) is 19.6 Å². The lowest BCUT2D eigenvalue weighted by Gasteiger charge is -2.46. The minimum absolute atomic E-state index is 0.0210. The van der Waals surface area contributed by atoms with Crippen LogP contribution in [0.15, 0.2) is 42.5 Å². The summed E-state index contributed by atoms with van der Waals surface area (Å²) in [6.07, 6.45) is 1.61. The third kappa shape index (κ3) is 5.34. The van der Waals surface area contributed by atoms with Gasteiger partial charge in [-0.25, -0.2) is 0 Å². The van der Waals surface area contributed by atoms with E-state index >= 15 is 0 Å². The van der Waals surface area contributed by atoms with Crippen molar-refractivity contribution in [2.24, 2.45) is 11.8 Å². The number of nitrogens with zero attached hydrogens (tertiary/aromatic N) is 1. The Bertz CT molecular complexity index is 1070. The topological polar surface area (TPSA) is 84.8 Å². The molecule has 2 aliphatic heterocycles. The first kappa shape index (κ1) is 25.5. The molecule has 190 valence electrons. The summed E-state index contributed by atoms with van der Waals surface area (Å²) in [6, 6.07) is 13.1. The number of hydrogen-bond acceptors (Lipinski definition) is 5. The summed E-state index contributed by atoms with van der Waals surface area (Å²) >= 11 is 0. The van der Waals surface area contributed by atoms with Gasteiger partial charge in [0.2, 0.25) is 5.91 Å². The average molecular weight is 480 g/mol. The van der Waals surface area contributed by atoms with Crippen molar-refractivity contribution in [3.63, 3.8) is 0 Å². The van der Waals surface area contributed by atoms with Gasteiger partial charge in [-0.15, -0.1) is 0 Å². The molecule has 0 bridgehead atoms. The van der Waals surface area contributed by atoms with E-state index in [0.29, 0.717) is 30.6 Å². The number of rotatable bonds is 6. The monoisotopic (exact) mass is 479 g/mol. The van der Waals surface area contributed by atoms with Gasteiger partial charge in [0.1, 0.15) is 11.5 Å². The van der Waals surface area contributed by atoms with Crippen LogP contribution >= 0.6 is 0 Å². The second-order valence-electron chi connectivity index (χ2n) is 11.5. The van der Waals surface area contributed by atoms with E-state index in [1.54, 1.807) is 18.2 Å². The lowest BCUT2D eigenvalue weighted by atomic mass is 9.68. The SMILES string of the molecule is CC(C)[C@@H](CN1CC[C@@](C)(c2cccc(O)c2)[C@@H](C)C1)NC(=O)[C@@]1(C)Cc2ccc(O)cc2CN1. The second kappa shape index (κ2) is 9.82. The number of phenols is 2. The maximum atomic E-state index is 13.5. The average Bonchev–Trinajstić information content (AvgIpc) is 2.81. The number of hydrogen-bond donors (Lipinski definition) is 4. The largest absolute Gasteiger partial charge is 0.508 e. The molecule has 4 rings (SSSR count). The maximum absolute atomic E-state index is 13.5. The molecule has 2 heterocycles. The Labute approximate surface area is 209 Å². The van der Waals surface area contributed by atoms with E-state index in [0.717, 1.165) is 37.2 Å². The first-order chi connectivity index (χ1) is 16.5. The van der Waals surface area contributed by atoms with Crippen LogP contribution in [0.3, 0.4) is 0 Å². The fourth-order valence-corrected chi connectivity index (χ4v) is 5.65. The van der Waals surface area contributed by atoms with E-state index in [1.165, 1.54) is 5.56 Å². The molecule has 0 unspecified atom stereocenters. The van der Waals surface area contributed by atoms with Gasteiger partial charge in [0.15, 0.2) is 0 Å². The van der Waals surface area contributed by atoms with Crippen molar-refractivity contribution in [3.05, 3.63) is 59.2 Å². The summed E-state index contributed by atoms with van der Waals surface area (Å²) in [6.45, 7) is 14.2. The number of fused-ring (bicyclic) bond motifs is 1. The zero-order chi connectivity index (χ0) is 25.4. The molecule has 4 N–H and O–H groups in total. The molecule has 2 aromatic rings. The standard InChI is InChI=1S/C29H41N3O3/c1-19(2)26(31-27(35)29(5)15-21-9-10-25(34)13-22(21)16-30-29)18-32-12-11-28(4,20(3)17-32)23-7-6-8-24(33)14-23/h6-10,13-14,19-20,26,30,33-34H,11-12,15-18H2,1-5H3,(H,31,35)/t20-,26+,28+,29+/m0/s1. The minimum Gasteiger partial charge on any atom is -0.508 e. The third-order valence-corrected chi connectivity index (χ3v) is 8.55. The van der Waals surface area contributed by atoms with Gasteiger partial charge in [-0.2, -0.15) is 0 Å². The Hall–Kier alpha value is -2.57. The normalized spacial score (nSPS) is 27.9. The van der Waals surface area contributed by atoms with Crippen LogP contribution in [0.5, 0.6) is 11.5 Å². The summed E-state index contributed by atoms with van der Waals surface area (Å²) in [4.78, 5) is 16.0. The molecular formula is C29H41N3O3. The molecule has 0 aromatic heterocycles. The summed E-state index contributed by atoms with van der Waals surface area (Å²) in [5, 5.41) is 26.5. The van der Waals surface area contributed by atoms with E-state index in [1.807, 2.05) is 25.1 Å². The highest BCUT2D eigenvalue weighted by Gasteiger charge is 2.40. The van der Waals surface area contributed by atoms with Gasteiger partial charge in [0.25, 0.3) is 0 Å². The predicted molar refractivity (Wildman–Crippen MR) is 140 cm³/mol. The number of piperidine rings is 1. The molecule has 1 amide bonds. The number of carbonyl (C=O) groups is 1. The molecule has 2 aromatic carbocycles. The molecule has 0 radical (unpaired) electrons. The quantitative estimate of drug-likeness (QED) is 0.504.